The molecule has 0 radical (unpaired) electrons. The number of amides is 2. The third-order valence-corrected chi connectivity index (χ3v) is 3.63. The maximum Gasteiger partial charge on any atom is 0.339 e. The van der Waals surface area contributed by atoms with Gasteiger partial charge in [0.25, 0.3) is 11.8 Å². The summed E-state index contributed by atoms with van der Waals surface area (Å²) in [4.78, 5) is 36.3. The van der Waals surface area contributed by atoms with Gasteiger partial charge in [-0.25, -0.2) is 4.79 Å². The molecule has 1 aromatic rings. The first-order valence-corrected chi connectivity index (χ1v) is 7.10. The number of nitrogens with zero attached hydrogens (tertiary/aromatic N) is 1. The van der Waals surface area contributed by atoms with Crippen molar-refractivity contribution >= 4 is 35.1 Å². The third kappa shape index (κ3) is 3.35. The number of hydrogen-bond acceptors (Lipinski definition) is 6. The van der Waals surface area contributed by atoms with Crippen LogP contribution in [-0.4, -0.2) is 48.1 Å². The number of esters is 1. The molecule has 2 rings (SSSR count). The van der Waals surface area contributed by atoms with Crippen LogP contribution in [0, 0.1) is 6.92 Å². The van der Waals surface area contributed by atoms with E-state index >= 15 is 0 Å². The largest absolute Gasteiger partial charge is 0.465 e. The summed E-state index contributed by atoms with van der Waals surface area (Å²) in [5, 5.41) is 11.9. The highest BCUT2D eigenvalue weighted by Gasteiger charge is 2.31. The van der Waals surface area contributed by atoms with E-state index in [9.17, 15) is 14.4 Å². The first kappa shape index (κ1) is 17.0. The van der Waals surface area contributed by atoms with Crippen LogP contribution in [-0.2, 0) is 14.3 Å². The number of aryl methyl sites for hydroxylation is 1. The summed E-state index contributed by atoms with van der Waals surface area (Å²) >= 11 is 6.05. The molecule has 0 spiro atoms. The molecule has 0 atom stereocenters. The van der Waals surface area contributed by atoms with Crippen LogP contribution in [0.25, 0.3) is 0 Å². The summed E-state index contributed by atoms with van der Waals surface area (Å²) in [5.74, 6) is -1.59. The minimum absolute atomic E-state index is 0.0691. The fourth-order valence-electron chi connectivity index (χ4n) is 2.14. The Hall–Kier alpha value is -2.38. The normalized spacial score (nSPS) is 14.1. The topological polar surface area (TPSA) is 95.9 Å². The minimum atomic E-state index is -0.565. The van der Waals surface area contributed by atoms with Crippen molar-refractivity contribution in [2.24, 2.45) is 0 Å². The van der Waals surface area contributed by atoms with Crippen LogP contribution in [0.1, 0.15) is 15.9 Å². The number of aliphatic hydroxyl groups excluding tert-OH is 1. The zero-order valence-corrected chi connectivity index (χ0v) is 13.3. The van der Waals surface area contributed by atoms with Gasteiger partial charge < -0.3 is 15.2 Å². The average Bonchev–Trinajstić information content (AvgIpc) is 2.77. The highest BCUT2D eigenvalue weighted by atomic mass is 35.5. The highest BCUT2D eigenvalue weighted by Crippen LogP contribution is 2.27. The molecule has 122 valence electrons. The van der Waals surface area contributed by atoms with E-state index in [1.807, 2.05) is 0 Å². The lowest BCUT2D eigenvalue weighted by atomic mass is 10.1. The number of imide groups is 1. The van der Waals surface area contributed by atoms with Gasteiger partial charge in [0.1, 0.15) is 5.70 Å². The van der Waals surface area contributed by atoms with Crippen molar-refractivity contribution in [3.8, 4) is 0 Å². The van der Waals surface area contributed by atoms with Gasteiger partial charge >= 0.3 is 5.97 Å². The van der Waals surface area contributed by atoms with Crippen molar-refractivity contribution < 1.29 is 24.2 Å². The second kappa shape index (κ2) is 6.80. The summed E-state index contributed by atoms with van der Waals surface area (Å²) in [5.41, 5.74) is 1.42. The summed E-state index contributed by atoms with van der Waals surface area (Å²) in [6.45, 7) is 1.34. The van der Waals surface area contributed by atoms with E-state index in [4.69, 9.17) is 16.7 Å². The fraction of sp³-hybridized carbons (Fsp3) is 0.267. The van der Waals surface area contributed by atoms with Gasteiger partial charge in [-0.05, 0) is 24.6 Å². The SMILES string of the molecule is COC(=O)c1cc(C)c(NC2=CC(=O)N(CCO)C2=O)cc1Cl. The molecule has 0 aliphatic carbocycles. The number of carbonyl (C=O) groups excluding carboxylic acids is 3. The van der Waals surface area contributed by atoms with Gasteiger partial charge in [0.15, 0.2) is 0 Å². The number of anilines is 1. The van der Waals surface area contributed by atoms with E-state index in [0.717, 1.165) is 11.0 Å². The summed E-state index contributed by atoms with van der Waals surface area (Å²) in [6.07, 6.45) is 1.15. The Morgan fingerprint density at radius 3 is 2.70 bits per heavy atom. The number of ether oxygens (including phenoxy) is 1. The van der Waals surface area contributed by atoms with Gasteiger partial charge in [-0.15, -0.1) is 0 Å². The number of aliphatic hydroxyl groups is 1. The second-order valence-electron chi connectivity index (χ2n) is 4.84. The Labute approximate surface area is 137 Å². The van der Waals surface area contributed by atoms with Crippen LogP contribution in [0.3, 0.4) is 0 Å². The lowest BCUT2D eigenvalue weighted by molar-refractivity contribution is -0.137. The van der Waals surface area contributed by atoms with Crippen molar-refractivity contribution in [3.63, 3.8) is 0 Å². The smallest absolute Gasteiger partial charge is 0.339 e. The average molecular weight is 339 g/mol. The molecule has 1 heterocycles. The third-order valence-electron chi connectivity index (χ3n) is 3.32. The Morgan fingerprint density at radius 1 is 1.39 bits per heavy atom. The molecule has 23 heavy (non-hydrogen) atoms. The van der Waals surface area contributed by atoms with Gasteiger partial charge in [-0.1, -0.05) is 11.6 Å². The number of rotatable bonds is 5. The van der Waals surface area contributed by atoms with Crippen LogP contribution < -0.4 is 5.32 Å². The Bertz CT molecular complexity index is 714. The van der Waals surface area contributed by atoms with Crippen LogP contribution >= 0.6 is 11.6 Å². The highest BCUT2D eigenvalue weighted by molar-refractivity contribution is 6.34. The van der Waals surface area contributed by atoms with E-state index < -0.39 is 17.8 Å². The molecule has 0 fully saturated rings. The van der Waals surface area contributed by atoms with Gasteiger partial charge in [0.2, 0.25) is 0 Å². The minimum Gasteiger partial charge on any atom is -0.465 e. The first-order chi connectivity index (χ1) is 10.9. The Kier molecular flexibility index (Phi) is 5.02. The molecule has 2 N–H and O–H groups in total. The number of nitrogens with one attached hydrogen (secondary N) is 1. The van der Waals surface area contributed by atoms with E-state index in [1.54, 1.807) is 6.92 Å². The number of benzene rings is 1. The molecule has 1 aliphatic heterocycles. The lowest BCUT2D eigenvalue weighted by Crippen LogP contribution is -2.34. The molecule has 0 bridgehead atoms. The maximum atomic E-state index is 12.1. The summed E-state index contributed by atoms with van der Waals surface area (Å²) < 4.78 is 4.63. The Morgan fingerprint density at radius 2 is 2.09 bits per heavy atom. The van der Waals surface area contributed by atoms with Crippen LogP contribution in [0.5, 0.6) is 0 Å². The lowest BCUT2D eigenvalue weighted by Gasteiger charge is -2.15. The molecule has 0 unspecified atom stereocenters. The van der Waals surface area contributed by atoms with E-state index in [1.165, 1.54) is 19.2 Å². The maximum absolute atomic E-state index is 12.1. The number of β-amino-alcohol motifs (C(OH)–C–C–N with tert-alkyl or cyclic N) is 1. The molecule has 8 heteroatoms. The second-order valence-corrected chi connectivity index (χ2v) is 5.25. The van der Waals surface area contributed by atoms with Gasteiger partial charge in [0.05, 0.1) is 30.8 Å². The molecular formula is C15H15ClN2O5. The van der Waals surface area contributed by atoms with Gasteiger partial charge in [-0.2, -0.15) is 0 Å². The van der Waals surface area contributed by atoms with Gasteiger partial charge in [0, 0.05) is 11.8 Å². The number of halogens is 1. The molecule has 2 amide bonds. The van der Waals surface area contributed by atoms with Crippen molar-refractivity contribution in [2.45, 2.75) is 6.92 Å². The molecular weight excluding hydrogens is 324 g/mol. The fourth-order valence-corrected chi connectivity index (χ4v) is 2.38. The van der Waals surface area contributed by atoms with E-state index in [-0.39, 0.29) is 29.4 Å². The number of carbonyl (C=O) groups is 3. The van der Waals surface area contributed by atoms with Gasteiger partial charge in [-0.3, -0.25) is 14.5 Å². The van der Waals surface area contributed by atoms with Crippen LogP contribution in [0.15, 0.2) is 23.9 Å². The monoisotopic (exact) mass is 338 g/mol. The first-order valence-electron chi connectivity index (χ1n) is 6.73. The van der Waals surface area contributed by atoms with Crippen molar-refractivity contribution in [3.05, 3.63) is 40.1 Å². The van der Waals surface area contributed by atoms with E-state index in [2.05, 4.69) is 10.1 Å². The molecule has 7 nitrogen and oxygen atoms in total. The predicted molar refractivity (Wildman–Crippen MR) is 83.0 cm³/mol. The molecule has 0 saturated heterocycles. The zero-order valence-electron chi connectivity index (χ0n) is 12.6. The van der Waals surface area contributed by atoms with Crippen LogP contribution in [0.4, 0.5) is 5.69 Å². The predicted octanol–water partition coefficient (Wildman–Crippen LogP) is 1.09. The number of hydrogen-bond donors (Lipinski definition) is 2. The molecule has 0 aromatic heterocycles. The quantitative estimate of drug-likeness (QED) is 0.616. The summed E-state index contributed by atoms with van der Waals surface area (Å²) in [7, 11) is 1.25. The number of methoxy groups -OCH3 is 1. The van der Waals surface area contributed by atoms with Crippen molar-refractivity contribution in [1.82, 2.24) is 4.90 Å². The summed E-state index contributed by atoms with van der Waals surface area (Å²) in [6, 6.07) is 3.01. The van der Waals surface area contributed by atoms with Crippen LogP contribution in [0.2, 0.25) is 5.02 Å². The Balaban J connectivity index is 2.26. The molecule has 0 saturated carbocycles. The van der Waals surface area contributed by atoms with Crippen molar-refractivity contribution in [1.29, 1.82) is 0 Å². The zero-order chi connectivity index (χ0) is 17.1. The molecule has 1 aromatic carbocycles. The van der Waals surface area contributed by atoms with E-state index in [0.29, 0.717) is 11.3 Å². The standard InChI is InChI=1S/C15H15ClN2O5/c1-8-5-9(15(22)23-2)10(16)6-11(8)17-12-7-13(20)18(3-4-19)14(12)21/h5-7,17,19H,3-4H2,1-2H3. The molecule has 1 aliphatic rings. The van der Waals surface area contributed by atoms with Crippen molar-refractivity contribution in [2.75, 3.05) is 25.6 Å².